The van der Waals surface area contributed by atoms with Gasteiger partial charge < -0.3 is 10.1 Å². The molecule has 1 fully saturated rings. The number of hydrogen-bond donors (Lipinski definition) is 1. The lowest BCUT2D eigenvalue weighted by atomic mass is 10.1. The highest BCUT2D eigenvalue weighted by Crippen LogP contribution is 2.36. The van der Waals surface area contributed by atoms with Crippen LogP contribution in [0.3, 0.4) is 0 Å². The topological polar surface area (TPSA) is 21.3 Å². The van der Waals surface area contributed by atoms with E-state index in [-0.39, 0.29) is 0 Å². The van der Waals surface area contributed by atoms with Crippen LogP contribution in [0.15, 0.2) is 12.1 Å². The van der Waals surface area contributed by atoms with Crippen molar-refractivity contribution in [2.75, 3.05) is 13.7 Å². The number of nitrogens with one attached hydrogen (secondary N) is 1. The van der Waals surface area contributed by atoms with Gasteiger partial charge in [0, 0.05) is 17.1 Å². The Labute approximate surface area is 99.5 Å². The second-order valence-electron chi connectivity index (χ2n) is 3.66. The molecule has 82 valence electrons. The molecule has 0 amide bonds. The van der Waals surface area contributed by atoms with Crippen LogP contribution < -0.4 is 10.1 Å². The molecule has 1 atom stereocenters. The van der Waals surface area contributed by atoms with Gasteiger partial charge >= 0.3 is 0 Å². The Balaban J connectivity index is 2.35. The van der Waals surface area contributed by atoms with Crippen molar-refractivity contribution < 1.29 is 4.74 Å². The molecule has 1 aliphatic heterocycles. The molecular formula is C11H13Cl2NO. The fourth-order valence-corrected chi connectivity index (χ4v) is 2.45. The molecule has 0 radical (unpaired) electrons. The van der Waals surface area contributed by atoms with Crippen molar-refractivity contribution in [3.63, 3.8) is 0 Å². The van der Waals surface area contributed by atoms with Crippen molar-refractivity contribution in [1.82, 2.24) is 5.32 Å². The molecule has 1 unspecified atom stereocenters. The number of halogens is 2. The van der Waals surface area contributed by atoms with Crippen LogP contribution in [0.25, 0.3) is 0 Å². The van der Waals surface area contributed by atoms with Crippen LogP contribution >= 0.6 is 23.2 Å². The fourth-order valence-electron chi connectivity index (χ4n) is 1.92. The molecule has 0 saturated carbocycles. The summed E-state index contributed by atoms with van der Waals surface area (Å²) in [6.45, 7) is 1.05. The molecule has 0 aromatic heterocycles. The van der Waals surface area contributed by atoms with Crippen molar-refractivity contribution >= 4 is 23.2 Å². The van der Waals surface area contributed by atoms with Gasteiger partial charge in [-0.05, 0) is 31.0 Å². The quantitative estimate of drug-likeness (QED) is 0.863. The minimum absolute atomic E-state index is 0.334. The zero-order valence-corrected chi connectivity index (χ0v) is 10.0. The lowest BCUT2D eigenvalue weighted by Gasteiger charge is -2.14. The van der Waals surface area contributed by atoms with Crippen LogP contribution in [0.1, 0.15) is 24.4 Å². The molecule has 1 N–H and O–H groups in total. The molecule has 1 saturated heterocycles. The molecule has 1 aromatic carbocycles. The van der Waals surface area contributed by atoms with Gasteiger partial charge in [-0.2, -0.15) is 0 Å². The van der Waals surface area contributed by atoms with Crippen LogP contribution in [0, 0.1) is 0 Å². The van der Waals surface area contributed by atoms with E-state index < -0.39 is 0 Å². The van der Waals surface area contributed by atoms with Gasteiger partial charge in [0.1, 0.15) is 5.75 Å². The minimum atomic E-state index is 0.334. The van der Waals surface area contributed by atoms with Gasteiger partial charge in [-0.1, -0.05) is 23.2 Å². The van der Waals surface area contributed by atoms with Gasteiger partial charge in [-0.15, -0.1) is 0 Å². The average molecular weight is 246 g/mol. The summed E-state index contributed by atoms with van der Waals surface area (Å²) in [4.78, 5) is 0. The monoisotopic (exact) mass is 245 g/mol. The van der Waals surface area contributed by atoms with Crippen molar-refractivity contribution in [3.05, 3.63) is 27.7 Å². The fraction of sp³-hybridized carbons (Fsp3) is 0.455. The number of rotatable bonds is 2. The molecule has 15 heavy (non-hydrogen) atoms. The van der Waals surface area contributed by atoms with E-state index in [0.717, 1.165) is 23.6 Å². The Morgan fingerprint density at radius 2 is 2.13 bits per heavy atom. The van der Waals surface area contributed by atoms with Gasteiger partial charge in [0.15, 0.2) is 0 Å². The maximum Gasteiger partial charge on any atom is 0.138 e. The molecule has 1 aliphatic rings. The van der Waals surface area contributed by atoms with E-state index in [4.69, 9.17) is 27.9 Å². The zero-order valence-electron chi connectivity index (χ0n) is 8.52. The third kappa shape index (κ3) is 2.22. The predicted octanol–water partition coefficient (Wildman–Crippen LogP) is 3.43. The van der Waals surface area contributed by atoms with E-state index in [1.807, 2.05) is 6.07 Å². The van der Waals surface area contributed by atoms with Crippen molar-refractivity contribution in [2.45, 2.75) is 18.9 Å². The molecule has 2 nitrogen and oxygen atoms in total. The molecule has 0 bridgehead atoms. The summed E-state index contributed by atoms with van der Waals surface area (Å²) in [5, 5.41) is 4.73. The summed E-state index contributed by atoms with van der Waals surface area (Å²) in [5.41, 5.74) is 1.07. The first-order valence-corrected chi connectivity index (χ1v) is 5.74. The number of ether oxygens (including phenoxy) is 1. The maximum absolute atomic E-state index is 6.18. The van der Waals surface area contributed by atoms with Crippen LogP contribution in [-0.4, -0.2) is 13.7 Å². The molecule has 1 aromatic rings. The Kier molecular flexibility index (Phi) is 3.39. The van der Waals surface area contributed by atoms with Crippen molar-refractivity contribution in [2.24, 2.45) is 0 Å². The van der Waals surface area contributed by atoms with Crippen molar-refractivity contribution in [1.29, 1.82) is 0 Å². The standard InChI is InChI=1S/C11H13Cl2NO/c1-15-11-6-8(12)7(5-9(11)13)10-3-2-4-14-10/h5-6,10,14H,2-4H2,1H3. The highest BCUT2D eigenvalue weighted by Gasteiger charge is 2.20. The average Bonchev–Trinajstić information content (AvgIpc) is 2.74. The first kappa shape index (κ1) is 11.1. The second kappa shape index (κ2) is 4.60. The lowest BCUT2D eigenvalue weighted by molar-refractivity contribution is 0.414. The minimum Gasteiger partial charge on any atom is -0.495 e. The molecule has 1 heterocycles. The third-order valence-electron chi connectivity index (χ3n) is 2.71. The molecule has 0 spiro atoms. The summed E-state index contributed by atoms with van der Waals surface area (Å²) in [7, 11) is 1.59. The van der Waals surface area contributed by atoms with E-state index >= 15 is 0 Å². The summed E-state index contributed by atoms with van der Waals surface area (Å²) < 4.78 is 5.11. The van der Waals surface area contributed by atoms with Crippen LogP contribution in [0.4, 0.5) is 0 Å². The largest absolute Gasteiger partial charge is 0.495 e. The Bertz CT molecular complexity index is 362. The zero-order chi connectivity index (χ0) is 10.8. The molecule has 0 aliphatic carbocycles. The SMILES string of the molecule is COc1cc(Cl)c(C2CCCN2)cc1Cl. The van der Waals surface area contributed by atoms with Gasteiger partial charge in [-0.3, -0.25) is 0 Å². The Morgan fingerprint density at radius 1 is 1.33 bits per heavy atom. The molecule has 2 rings (SSSR count). The van der Waals surface area contributed by atoms with Gasteiger partial charge in [0.25, 0.3) is 0 Å². The lowest BCUT2D eigenvalue weighted by Crippen LogP contribution is -2.13. The summed E-state index contributed by atoms with van der Waals surface area (Å²) in [6.07, 6.45) is 2.30. The van der Waals surface area contributed by atoms with Crippen LogP contribution in [-0.2, 0) is 0 Å². The Morgan fingerprint density at radius 3 is 2.73 bits per heavy atom. The first-order chi connectivity index (χ1) is 7.22. The van der Waals surface area contributed by atoms with Crippen molar-refractivity contribution in [3.8, 4) is 5.75 Å². The first-order valence-electron chi connectivity index (χ1n) is 4.98. The van der Waals surface area contributed by atoms with E-state index in [0.29, 0.717) is 16.8 Å². The third-order valence-corrected chi connectivity index (χ3v) is 3.33. The van der Waals surface area contributed by atoms with Crippen LogP contribution in [0.2, 0.25) is 10.0 Å². The van der Waals surface area contributed by atoms with E-state index in [2.05, 4.69) is 5.32 Å². The molecular weight excluding hydrogens is 233 g/mol. The number of benzene rings is 1. The normalized spacial score (nSPS) is 20.6. The smallest absolute Gasteiger partial charge is 0.138 e. The number of hydrogen-bond acceptors (Lipinski definition) is 2. The highest BCUT2D eigenvalue weighted by molar-refractivity contribution is 6.34. The molecule has 4 heteroatoms. The van der Waals surface area contributed by atoms with Crippen LogP contribution in [0.5, 0.6) is 5.75 Å². The van der Waals surface area contributed by atoms with Gasteiger partial charge in [0.05, 0.1) is 12.1 Å². The maximum atomic E-state index is 6.18. The summed E-state index contributed by atoms with van der Waals surface area (Å²) >= 11 is 12.3. The number of methoxy groups -OCH3 is 1. The van der Waals surface area contributed by atoms with E-state index in [9.17, 15) is 0 Å². The van der Waals surface area contributed by atoms with E-state index in [1.54, 1.807) is 13.2 Å². The second-order valence-corrected chi connectivity index (χ2v) is 4.47. The predicted molar refractivity (Wildman–Crippen MR) is 63.0 cm³/mol. The van der Waals surface area contributed by atoms with Gasteiger partial charge in [0.2, 0.25) is 0 Å². The summed E-state index contributed by atoms with van der Waals surface area (Å²) in [6, 6.07) is 4.01. The highest BCUT2D eigenvalue weighted by atomic mass is 35.5. The van der Waals surface area contributed by atoms with Gasteiger partial charge in [-0.25, -0.2) is 0 Å². The Hall–Kier alpha value is -0.440. The summed E-state index contributed by atoms with van der Waals surface area (Å²) in [5.74, 6) is 0.628. The van der Waals surface area contributed by atoms with E-state index in [1.165, 1.54) is 6.42 Å².